The second kappa shape index (κ2) is 9.28. The summed E-state index contributed by atoms with van der Waals surface area (Å²) in [6.07, 6.45) is 1.75. The molecule has 7 nitrogen and oxygen atoms in total. The van der Waals surface area contributed by atoms with Crippen LogP contribution in [0.4, 0.5) is 0 Å². The van der Waals surface area contributed by atoms with Crippen molar-refractivity contribution in [3.05, 3.63) is 54.1 Å². The lowest BCUT2D eigenvalue weighted by molar-refractivity contribution is -0.126. The molecule has 2 heterocycles. The van der Waals surface area contributed by atoms with Gasteiger partial charge in [0.2, 0.25) is 15.9 Å². The van der Waals surface area contributed by atoms with Crippen LogP contribution < -0.4 is 14.8 Å². The minimum Gasteiger partial charge on any atom is -0.494 e. The van der Waals surface area contributed by atoms with E-state index in [1.807, 2.05) is 31.2 Å². The molecule has 2 aromatic carbocycles. The van der Waals surface area contributed by atoms with E-state index in [1.54, 1.807) is 24.3 Å². The van der Waals surface area contributed by atoms with Gasteiger partial charge in [0, 0.05) is 25.4 Å². The van der Waals surface area contributed by atoms with Gasteiger partial charge in [0.05, 0.1) is 18.0 Å². The summed E-state index contributed by atoms with van der Waals surface area (Å²) in [5.74, 6) is 1.31. The number of carbonyl (C=O) groups is 1. The normalized spacial score (nSPS) is 19.5. The number of para-hydroxylation sites is 1. The molecule has 0 aromatic heterocycles. The maximum absolute atomic E-state index is 12.9. The Bertz CT molecular complexity index is 990. The number of fused-ring (bicyclic) bond motifs is 1. The average Bonchev–Trinajstić information content (AvgIpc) is 3.21. The van der Waals surface area contributed by atoms with Crippen molar-refractivity contribution in [1.29, 1.82) is 0 Å². The number of rotatable bonds is 7. The first-order valence-corrected chi connectivity index (χ1v) is 12.2. The van der Waals surface area contributed by atoms with E-state index < -0.39 is 10.0 Å². The van der Waals surface area contributed by atoms with E-state index in [9.17, 15) is 13.2 Å². The second-order valence-electron chi connectivity index (χ2n) is 7.88. The Morgan fingerprint density at radius 2 is 1.84 bits per heavy atom. The van der Waals surface area contributed by atoms with Crippen molar-refractivity contribution in [3.63, 3.8) is 0 Å². The molecule has 0 aliphatic carbocycles. The lowest BCUT2D eigenvalue weighted by Crippen LogP contribution is -2.44. The van der Waals surface area contributed by atoms with E-state index >= 15 is 0 Å². The molecule has 31 heavy (non-hydrogen) atoms. The highest BCUT2D eigenvalue weighted by molar-refractivity contribution is 7.89. The van der Waals surface area contributed by atoms with Crippen LogP contribution in [0.25, 0.3) is 0 Å². The van der Waals surface area contributed by atoms with Gasteiger partial charge in [-0.15, -0.1) is 0 Å². The zero-order chi connectivity index (χ0) is 21.8. The van der Waals surface area contributed by atoms with Crippen LogP contribution in [0.5, 0.6) is 11.5 Å². The molecular formula is C23H28N2O5S. The molecule has 2 aliphatic heterocycles. The third-order valence-electron chi connectivity index (χ3n) is 5.82. The summed E-state index contributed by atoms with van der Waals surface area (Å²) in [6, 6.07) is 14.4. The second-order valence-corrected chi connectivity index (χ2v) is 9.82. The third kappa shape index (κ3) is 4.85. The fraction of sp³-hybridized carbons (Fsp3) is 0.435. The SMILES string of the molecule is CCOc1ccc(S(=O)(=O)N2CCC(C(=O)NCC3Cc4ccccc4O3)CC2)cc1. The van der Waals surface area contributed by atoms with Gasteiger partial charge in [0.25, 0.3) is 0 Å². The Morgan fingerprint density at radius 1 is 1.13 bits per heavy atom. The van der Waals surface area contributed by atoms with Crippen LogP contribution in [0, 0.1) is 5.92 Å². The zero-order valence-electron chi connectivity index (χ0n) is 17.6. The van der Waals surface area contributed by atoms with Crippen LogP contribution in [0.1, 0.15) is 25.3 Å². The summed E-state index contributed by atoms with van der Waals surface area (Å²) in [4.78, 5) is 12.9. The number of ether oxygens (including phenoxy) is 2. The van der Waals surface area contributed by atoms with Crippen molar-refractivity contribution in [2.24, 2.45) is 5.92 Å². The number of nitrogens with zero attached hydrogens (tertiary/aromatic N) is 1. The summed E-state index contributed by atoms with van der Waals surface area (Å²) in [7, 11) is -3.57. The van der Waals surface area contributed by atoms with Crippen molar-refractivity contribution in [2.45, 2.75) is 37.2 Å². The van der Waals surface area contributed by atoms with Gasteiger partial charge >= 0.3 is 0 Å². The number of amides is 1. The highest BCUT2D eigenvalue weighted by Crippen LogP contribution is 2.28. The van der Waals surface area contributed by atoms with E-state index in [2.05, 4.69) is 5.32 Å². The molecule has 0 spiro atoms. The van der Waals surface area contributed by atoms with Gasteiger partial charge in [-0.2, -0.15) is 4.31 Å². The number of benzene rings is 2. The van der Waals surface area contributed by atoms with Gasteiger partial charge in [0.1, 0.15) is 17.6 Å². The predicted molar refractivity (Wildman–Crippen MR) is 117 cm³/mol. The summed E-state index contributed by atoms with van der Waals surface area (Å²) < 4.78 is 38.5. The predicted octanol–water partition coefficient (Wildman–Crippen LogP) is 2.61. The third-order valence-corrected chi connectivity index (χ3v) is 7.73. The van der Waals surface area contributed by atoms with Crippen molar-refractivity contribution in [2.75, 3.05) is 26.2 Å². The van der Waals surface area contributed by atoms with E-state index in [0.717, 1.165) is 17.7 Å². The molecule has 1 unspecified atom stereocenters. The number of hydrogen-bond acceptors (Lipinski definition) is 5. The molecule has 4 rings (SSSR count). The molecule has 0 bridgehead atoms. The maximum Gasteiger partial charge on any atom is 0.243 e. The number of piperidine rings is 1. The van der Waals surface area contributed by atoms with Gasteiger partial charge in [-0.25, -0.2) is 8.42 Å². The molecule has 1 atom stereocenters. The first-order valence-electron chi connectivity index (χ1n) is 10.7. The Kier molecular flexibility index (Phi) is 6.48. The Balaban J connectivity index is 1.26. The van der Waals surface area contributed by atoms with Crippen molar-refractivity contribution in [3.8, 4) is 11.5 Å². The Hall–Kier alpha value is -2.58. The molecule has 2 aromatic rings. The molecule has 0 saturated carbocycles. The number of hydrogen-bond donors (Lipinski definition) is 1. The van der Waals surface area contributed by atoms with Gasteiger partial charge in [0.15, 0.2) is 0 Å². The first kappa shape index (κ1) is 21.6. The molecule has 1 amide bonds. The molecule has 1 N–H and O–H groups in total. The Labute approximate surface area is 183 Å². The lowest BCUT2D eigenvalue weighted by Gasteiger charge is -2.30. The minimum absolute atomic E-state index is 0.0299. The van der Waals surface area contributed by atoms with Gasteiger partial charge < -0.3 is 14.8 Å². The topological polar surface area (TPSA) is 84.9 Å². The molecule has 1 saturated heterocycles. The molecule has 8 heteroatoms. The summed E-state index contributed by atoms with van der Waals surface area (Å²) in [5.41, 5.74) is 1.16. The van der Waals surface area contributed by atoms with E-state index in [0.29, 0.717) is 44.8 Å². The molecule has 0 radical (unpaired) electrons. The van der Waals surface area contributed by atoms with E-state index in [4.69, 9.17) is 9.47 Å². The zero-order valence-corrected chi connectivity index (χ0v) is 18.4. The van der Waals surface area contributed by atoms with Crippen LogP contribution in [-0.4, -0.2) is 51.0 Å². The largest absolute Gasteiger partial charge is 0.494 e. The summed E-state index contributed by atoms with van der Waals surface area (Å²) in [6.45, 7) is 3.53. The lowest BCUT2D eigenvalue weighted by atomic mass is 9.97. The highest BCUT2D eigenvalue weighted by Gasteiger charge is 2.32. The fourth-order valence-corrected chi connectivity index (χ4v) is 5.58. The van der Waals surface area contributed by atoms with Crippen LogP contribution in [0.15, 0.2) is 53.4 Å². The van der Waals surface area contributed by atoms with Crippen LogP contribution >= 0.6 is 0 Å². The van der Waals surface area contributed by atoms with Gasteiger partial charge in [-0.3, -0.25) is 4.79 Å². The van der Waals surface area contributed by atoms with Gasteiger partial charge in [-0.05, 0) is 55.7 Å². The monoisotopic (exact) mass is 444 g/mol. The van der Waals surface area contributed by atoms with Crippen molar-refractivity contribution < 1.29 is 22.7 Å². The average molecular weight is 445 g/mol. The first-order chi connectivity index (χ1) is 15.0. The molecule has 166 valence electrons. The van der Waals surface area contributed by atoms with Crippen molar-refractivity contribution in [1.82, 2.24) is 9.62 Å². The van der Waals surface area contributed by atoms with Crippen molar-refractivity contribution >= 4 is 15.9 Å². The Morgan fingerprint density at radius 3 is 2.52 bits per heavy atom. The number of sulfonamides is 1. The van der Waals surface area contributed by atoms with Crippen LogP contribution in [0.2, 0.25) is 0 Å². The van der Waals surface area contributed by atoms with E-state index in [1.165, 1.54) is 4.31 Å². The van der Waals surface area contributed by atoms with Crippen LogP contribution in [-0.2, 0) is 21.2 Å². The molecule has 2 aliphatic rings. The van der Waals surface area contributed by atoms with E-state index in [-0.39, 0.29) is 22.8 Å². The van der Waals surface area contributed by atoms with Gasteiger partial charge in [-0.1, -0.05) is 18.2 Å². The number of nitrogens with one attached hydrogen (secondary N) is 1. The molecule has 1 fully saturated rings. The minimum atomic E-state index is -3.57. The smallest absolute Gasteiger partial charge is 0.243 e. The maximum atomic E-state index is 12.9. The quantitative estimate of drug-likeness (QED) is 0.710. The summed E-state index contributed by atoms with van der Waals surface area (Å²) in [5, 5.41) is 2.99. The highest BCUT2D eigenvalue weighted by atomic mass is 32.2. The summed E-state index contributed by atoms with van der Waals surface area (Å²) >= 11 is 0. The molecular weight excluding hydrogens is 416 g/mol. The number of carbonyl (C=O) groups excluding carboxylic acids is 1. The van der Waals surface area contributed by atoms with Crippen LogP contribution in [0.3, 0.4) is 0 Å². The standard InChI is InChI=1S/C23H28N2O5S/c1-2-29-19-7-9-21(10-8-19)31(27,28)25-13-11-17(12-14-25)23(26)24-16-20-15-18-5-3-4-6-22(18)30-20/h3-10,17,20H,2,11-16H2,1H3,(H,24,26). The fourth-order valence-electron chi connectivity index (χ4n) is 4.11.